The molecule has 0 saturated heterocycles. The van der Waals surface area contributed by atoms with E-state index in [1.54, 1.807) is 5.57 Å². The van der Waals surface area contributed by atoms with Crippen LogP contribution in [0.2, 0.25) is 0 Å². The molecule has 1 saturated carbocycles. The van der Waals surface area contributed by atoms with Crippen LogP contribution in [0, 0.1) is 0 Å². The van der Waals surface area contributed by atoms with Gasteiger partial charge in [-0.2, -0.15) is 0 Å². The molecule has 0 aliphatic heterocycles. The molecular weight excluding hydrogens is 236 g/mol. The second kappa shape index (κ2) is 7.68. The van der Waals surface area contributed by atoms with Gasteiger partial charge in [0, 0.05) is 6.04 Å². The maximum atomic E-state index is 12.1. The monoisotopic (exact) mass is 264 g/mol. The van der Waals surface area contributed by atoms with Crippen molar-refractivity contribution in [3.63, 3.8) is 0 Å². The standard InChI is InChI=1S/C16H28N2O/c1-13(17-12-11-14-7-5-6-8-14)16(19)18-15-9-3-2-4-10-15/h7,13,15,17H,2-6,8-12H2,1H3,(H,18,19). The van der Waals surface area contributed by atoms with Gasteiger partial charge in [-0.05, 0) is 52.0 Å². The highest BCUT2D eigenvalue weighted by Gasteiger charge is 2.19. The van der Waals surface area contributed by atoms with Crippen LogP contribution in [0.3, 0.4) is 0 Å². The first kappa shape index (κ1) is 14.6. The smallest absolute Gasteiger partial charge is 0.237 e. The highest BCUT2D eigenvalue weighted by atomic mass is 16.2. The van der Waals surface area contributed by atoms with Gasteiger partial charge in [0.25, 0.3) is 0 Å². The van der Waals surface area contributed by atoms with Gasteiger partial charge in [0.1, 0.15) is 0 Å². The zero-order chi connectivity index (χ0) is 13.5. The van der Waals surface area contributed by atoms with Crippen molar-refractivity contribution >= 4 is 5.91 Å². The lowest BCUT2D eigenvalue weighted by atomic mass is 9.95. The Morgan fingerprint density at radius 2 is 2.11 bits per heavy atom. The quantitative estimate of drug-likeness (QED) is 0.724. The Morgan fingerprint density at radius 3 is 2.79 bits per heavy atom. The summed E-state index contributed by atoms with van der Waals surface area (Å²) in [7, 11) is 0. The van der Waals surface area contributed by atoms with Crippen molar-refractivity contribution < 1.29 is 4.79 Å². The summed E-state index contributed by atoms with van der Waals surface area (Å²) < 4.78 is 0. The van der Waals surface area contributed by atoms with Gasteiger partial charge in [0.2, 0.25) is 5.91 Å². The van der Waals surface area contributed by atoms with Crippen LogP contribution in [0.25, 0.3) is 0 Å². The van der Waals surface area contributed by atoms with E-state index < -0.39 is 0 Å². The molecule has 3 nitrogen and oxygen atoms in total. The van der Waals surface area contributed by atoms with E-state index in [0.717, 1.165) is 25.8 Å². The number of nitrogens with one attached hydrogen (secondary N) is 2. The molecule has 3 heteroatoms. The number of carbonyl (C=O) groups excluding carboxylic acids is 1. The third kappa shape index (κ3) is 4.98. The van der Waals surface area contributed by atoms with E-state index in [1.165, 1.54) is 38.5 Å². The van der Waals surface area contributed by atoms with Gasteiger partial charge >= 0.3 is 0 Å². The summed E-state index contributed by atoms with van der Waals surface area (Å²) in [6.07, 6.45) is 13.4. The van der Waals surface area contributed by atoms with Crippen LogP contribution >= 0.6 is 0 Å². The molecule has 0 bridgehead atoms. The van der Waals surface area contributed by atoms with Crippen molar-refractivity contribution in [1.29, 1.82) is 0 Å². The van der Waals surface area contributed by atoms with Gasteiger partial charge in [-0.1, -0.05) is 30.9 Å². The van der Waals surface area contributed by atoms with Gasteiger partial charge in [-0.3, -0.25) is 4.79 Å². The summed E-state index contributed by atoms with van der Waals surface area (Å²) in [5.41, 5.74) is 1.56. The van der Waals surface area contributed by atoms with Crippen molar-refractivity contribution in [2.24, 2.45) is 0 Å². The average Bonchev–Trinajstić information content (AvgIpc) is 2.93. The molecule has 0 aromatic rings. The van der Waals surface area contributed by atoms with Gasteiger partial charge in [0.15, 0.2) is 0 Å². The summed E-state index contributed by atoms with van der Waals surface area (Å²) in [4.78, 5) is 12.1. The number of hydrogen-bond acceptors (Lipinski definition) is 2. The maximum Gasteiger partial charge on any atom is 0.237 e. The van der Waals surface area contributed by atoms with Crippen LogP contribution in [0.15, 0.2) is 11.6 Å². The normalized spacial score (nSPS) is 22.1. The topological polar surface area (TPSA) is 41.1 Å². The van der Waals surface area contributed by atoms with Crippen molar-refractivity contribution in [2.75, 3.05) is 6.54 Å². The summed E-state index contributed by atoms with van der Waals surface area (Å²) in [5.74, 6) is 0.173. The van der Waals surface area contributed by atoms with Gasteiger partial charge in [0.05, 0.1) is 6.04 Å². The highest BCUT2D eigenvalue weighted by molar-refractivity contribution is 5.81. The summed E-state index contributed by atoms with van der Waals surface area (Å²) in [6, 6.07) is 0.354. The Kier molecular flexibility index (Phi) is 5.90. The fourth-order valence-corrected chi connectivity index (χ4v) is 3.08. The van der Waals surface area contributed by atoms with Gasteiger partial charge in [-0.15, -0.1) is 0 Å². The van der Waals surface area contributed by atoms with Crippen LogP contribution < -0.4 is 10.6 Å². The van der Waals surface area contributed by atoms with E-state index >= 15 is 0 Å². The number of carbonyl (C=O) groups is 1. The van der Waals surface area contributed by atoms with E-state index in [2.05, 4.69) is 16.7 Å². The molecular formula is C16H28N2O. The molecule has 108 valence electrons. The summed E-state index contributed by atoms with van der Waals surface area (Å²) in [5, 5.41) is 6.53. The third-order valence-electron chi connectivity index (χ3n) is 4.38. The number of rotatable bonds is 6. The predicted molar refractivity (Wildman–Crippen MR) is 79.0 cm³/mol. The van der Waals surface area contributed by atoms with Crippen LogP contribution in [0.5, 0.6) is 0 Å². The maximum absolute atomic E-state index is 12.1. The van der Waals surface area contributed by atoms with Crippen molar-refractivity contribution in [1.82, 2.24) is 10.6 Å². The molecule has 1 unspecified atom stereocenters. The molecule has 0 spiro atoms. The minimum Gasteiger partial charge on any atom is -0.352 e. The molecule has 0 heterocycles. The van der Waals surface area contributed by atoms with E-state index in [4.69, 9.17) is 0 Å². The Balaban J connectivity index is 1.61. The van der Waals surface area contributed by atoms with E-state index in [9.17, 15) is 4.79 Å². The van der Waals surface area contributed by atoms with Gasteiger partial charge < -0.3 is 10.6 Å². The SMILES string of the molecule is CC(NCCC1=CCCC1)C(=O)NC1CCCCC1. The molecule has 2 N–H and O–H groups in total. The van der Waals surface area contributed by atoms with Crippen molar-refractivity contribution in [3.8, 4) is 0 Å². The Hall–Kier alpha value is -0.830. The Labute approximate surface area is 117 Å². The van der Waals surface area contributed by atoms with E-state index in [0.29, 0.717) is 6.04 Å². The zero-order valence-electron chi connectivity index (χ0n) is 12.2. The molecule has 0 radical (unpaired) electrons. The third-order valence-corrected chi connectivity index (χ3v) is 4.38. The molecule has 1 atom stereocenters. The first-order valence-electron chi connectivity index (χ1n) is 7.97. The van der Waals surface area contributed by atoms with Crippen LogP contribution in [0.1, 0.15) is 64.7 Å². The molecule has 19 heavy (non-hydrogen) atoms. The Bertz CT molecular complexity index is 319. The second-order valence-corrected chi connectivity index (χ2v) is 6.02. The minimum atomic E-state index is -0.0658. The Morgan fingerprint density at radius 1 is 1.32 bits per heavy atom. The molecule has 0 aromatic heterocycles. The molecule has 2 aliphatic carbocycles. The number of allylic oxidation sites excluding steroid dienone is 1. The van der Waals surface area contributed by atoms with Gasteiger partial charge in [-0.25, -0.2) is 0 Å². The molecule has 2 aliphatic rings. The molecule has 1 amide bonds. The lowest BCUT2D eigenvalue weighted by Crippen LogP contribution is -2.47. The van der Waals surface area contributed by atoms with Crippen LogP contribution in [0.4, 0.5) is 0 Å². The minimum absolute atomic E-state index is 0.0658. The highest BCUT2D eigenvalue weighted by Crippen LogP contribution is 2.20. The molecule has 0 aromatic carbocycles. The fourth-order valence-electron chi connectivity index (χ4n) is 3.08. The first-order chi connectivity index (χ1) is 9.25. The zero-order valence-corrected chi connectivity index (χ0v) is 12.2. The van der Waals surface area contributed by atoms with Crippen molar-refractivity contribution in [3.05, 3.63) is 11.6 Å². The lowest BCUT2D eigenvalue weighted by Gasteiger charge is -2.24. The van der Waals surface area contributed by atoms with Crippen LogP contribution in [-0.4, -0.2) is 24.5 Å². The molecule has 2 rings (SSSR count). The van der Waals surface area contributed by atoms with Crippen molar-refractivity contribution in [2.45, 2.75) is 76.8 Å². The van der Waals surface area contributed by atoms with E-state index in [1.807, 2.05) is 6.92 Å². The molecule has 1 fully saturated rings. The number of hydrogen-bond donors (Lipinski definition) is 2. The largest absolute Gasteiger partial charge is 0.352 e. The number of amides is 1. The predicted octanol–water partition coefficient (Wildman–Crippen LogP) is 2.91. The first-order valence-corrected chi connectivity index (χ1v) is 7.97. The fraction of sp³-hybridized carbons (Fsp3) is 0.812. The van der Waals surface area contributed by atoms with E-state index in [-0.39, 0.29) is 11.9 Å². The van der Waals surface area contributed by atoms with Crippen LogP contribution in [-0.2, 0) is 4.79 Å². The average molecular weight is 264 g/mol. The second-order valence-electron chi connectivity index (χ2n) is 6.02. The summed E-state index contributed by atoms with van der Waals surface area (Å²) >= 11 is 0. The lowest BCUT2D eigenvalue weighted by molar-refractivity contribution is -0.123. The summed E-state index contributed by atoms with van der Waals surface area (Å²) in [6.45, 7) is 2.90.